The van der Waals surface area contributed by atoms with E-state index in [0.29, 0.717) is 6.42 Å². The Labute approximate surface area is 444 Å². The average Bonchev–Trinajstić information content (AvgIpc) is 3.39. The first-order valence-electron chi connectivity index (χ1n) is 30.4. The monoisotopic (exact) mass is 1040 g/mol. The van der Waals surface area contributed by atoms with Crippen LogP contribution in [0, 0.1) is 0 Å². The number of unbranched alkanes of at least 4 members (excludes halogenated alkanes) is 36. The predicted octanol–water partition coefficient (Wildman–Crippen LogP) is 10.3. The van der Waals surface area contributed by atoms with Crippen LogP contribution in [0.4, 0.5) is 0 Å². The Morgan fingerprint density at radius 1 is 0.479 bits per heavy atom. The first-order chi connectivity index (χ1) is 35.6. The molecule has 0 spiro atoms. The van der Waals surface area contributed by atoms with Crippen molar-refractivity contribution in [3.8, 4) is 0 Å². The van der Waals surface area contributed by atoms with Crippen LogP contribution in [0.15, 0.2) is 12.2 Å². The molecule has 2 aliphatic heterocycles. The molecule has 73 heavy (non-hydrogen) atoms. The van der Waals surface area contributed by atoms with Crippen LogP contribution in [0.3, 0.4) is 0 Å². The van der Waals surface area contributed by atoms with Crippen LogP contribution in [-0.4, -0.2) is 140 Å². The quantitative estimate of drug-likeness (QED) is 0.0204. The van der Waals surface area contributed by atoms with Crippen LogP contribution in [0.25, 0.3) is 0 Å². The van der Waals surface area contributed by atoms with E-state index in [9.17, 15) is 45.6 Å². The van der Waals surface area contributed by atoms with Gasteiger partial charge in [0.25, 0.3) is 0 Å². The number of ether oxygens (including phenoxy) is 4. The van der Waals surface area contributed by atoms with Gasteiger partial charge < -0.3 is 65.1 Å². The van der Waals surface area contributed by atoms with Crippen molar-refractivity contribution in [2.24, 2.45) is 0 Å². The lowest BCUT2D eigenvalue weighted by molar-refractivity contribution is -0.359. The zero-order chi connectivity index (χ0) is 53.2. The van der Waals surface area contributed by atoms with Gasteiger partial charge in [0, 0.05) is 6.42 Å². The molecule has 9 N–H and O–H groups in total. The van der Waals surface area contributed by atoms with Crippen LogP contribution < -0.4 is 5.32 Å². The van der Waals surface area contributed by atoms with Gasteiger partial charge in [0.1, 0.15) is 48.8 Å². The molecule has 2 rings (SSSR count). The summed E-state index contributed by atoms with van der Waals surface area (Å²) in [6.45, 7) is 2.84. The Balaban J connectivity index is 1.76. The van der Waals surface area contributed by atoms with E-state index in [1.54, 1.807) is 6.08 Å². The Morgan fingerprint density at radius 3 is 1.26 bits per heavy atom. The number of allylic oxidation sites excluding steroid dienone is 1. The molecular formula is C59H113NO13. The maximum absolute atomic E-state index is 13.3. The van der Waals surface area contributed by atoms with E-state index >= 15 is 0 Å². The number of hydrogen-bond donors (Lipinski definition) is 9. The maximum atomic E-state index is 13.3. The molecule has 2 fully saturated rings. The number of nitrogens with one attached hydrogen (secondary N) is 1. The van der Waals surface area contributed by atoms with Gasteiger partial charge in [-0.25, -0.2) is 0 Å². The van der Waals surface area contributed by atoms with Crippen LogP contribution >= 0.6 is 0 Å². The molecule has 14 nitrogen and oxygen atoms in total. The topological polar surface area (TPSA) is 228 Å². The summed E-state index contributed by atoms with van der Waals surface area (Å²) in [5.41, 5.74) is 0. The van der Waals surface area contributed by atoms with Crippen molar-refractivity contribution in [2.45, 2.75) is 338 Å². The summed E-state index contributed by atoms with van der Waals surface area (Å²) >= 11 is 0. The van der Waals surface area contributed by atoms with Gasteiger partial charge >= 0.3 is 0 Å². The number of aliphatic hydroxyl groups excluding tert-OH is 8. The highest BCUT2D eigenvalue weighted by atomic mass is 16.7. The number of carbonyl (C=O) groups excluding carboxylic acids is 1. The van der Waals surface area contributed by atoms with Crippen LogP contribution in [0.2, 0.25) is 0 Å². The molecule has 14 heteroatoms. The summed E-state index contributed by atoms with van der Waals surface area (Å²) in [6.07, 6.45) is 35.3. The van der Waals surface area contributed by atoms with Gasteiger partial charge in [-0.3, -0.25) is 4.79 Å². The molecule has 0 aromatic rings. The molecule has 0 aromatic carbocycles. The van der Waals surface area contributed by atoms with Gasteiger partial charge in [-0.1, -0.05) is 251 Å². The lowest BCUT2D eigenvalue weighted by Crippen LogP contribution is -2.65. The Morgan fingerprint density at radius 2 is 0.849 bits per heavy atom. The summed E-state index contributed by atoms with van der Waals surface area (Å²) < 4.78 is 22.8. The second-order valence-corrected chi connectivity index (χ2v) is 21.8. The van der Waals surface area contributed by atoms with E-state index in [-0.39, 0.29) is 18.9 Å². The number of rotatable bonds is 49. The minimum absolute atomic E-state index is 0.233. The van der Waals surface area contributed by atoms with E-state index in [4.69, 9.17) is 18.9 Å². The molecule has 12 atom stereocenters. The van der Waals surface area contributed by atoms with Crippen LogP contribution in [-0.2, 0) is 23.7 Å². The third kappa shape index (κ3) is 31.7. The average molecular weight is 1040 g/mol. The van der Waals surface area contributed by atoms with Gasteiger partial charge in [-0.2, -0.15) is 0 Å². The zero-order valence-electron chi connectivity index (χ0n) is 46.4. The SMILES string of the molecule is CCCCCCCCCCCCCCCCCCCC/C=C/C(O)C(COC1OC(CO)C(OC2OC(CO)C(O)C(O)C2O)C(O)C1O)NC(=O)CCCCCCCCCCCCCCCCCCCCC. The number of amides is 1. The summed E-state index contributed by atoms with van der Waals surface area (Å²) in [5.74, 6) is -0.233. The first kappa shape index (κ1) is 67.8. The van der Waals surface area contributed by atoms with Crippen molar-refractivity contribution in [3.05, 3.63) is 12.2 Å². The van der Waals surface area contributed by atoms with Gasteiger partial charge in [0.05, 0.1) is 32.0 Å². The van der Waals surface area contributed by atoms with Crippen molar-refractivity contribution >= 4 is 5.91 Å². The summed E-state index contributed by atoms with van der Waals surface area (Å²) in [6, 6.07) is -0.909. The highest BCUT2D eigenvalue weighted by molar-refractivity contribution is 5.76. The highest BCUT2D eigenvalue weighted by Gasteiger charge is 2.51. The van der Waals surface area contributed by atoms with Gasteiger partial charge in [0.15, 0.2) is 12.6 Å². The first-order valence-corrected chi connectivity index (χ1v) is 30.4. The summed E-state index contributed by atoms with van der Waals surface area (Å²) in [5, 5.41) is 87.1. The van der Waals surface area contributed by atoms with E-state index in [2.05, 4.69) is 19.2 Å². The largest absolute Gasteiger partial charge is 0.394 e. The van der Waals surface area contributed by atoms with E-state index in [1.807, 2.05) is 6.08 Å². The Hall–Kier alpha value is -1.27. The minimum atomic E-state index is -1.79. The van der Waals surface area contributed by atoms with Crippen LogP contribution in [0.5, 0.6) is 0 Å². The molecular weight excluding hydrogens is 931 g/mol. The number of carbonyl (C=O) groups is 1. The Bertz CT molecular complexity index is 1280. The number of hydrogen-bond acceptors (Lipinski definition) is 13. The fourth-order valence-corrected chi connectivity index (χ4v) is 10.3. The predicted molar refractivity (Wildman–Crippen MR) is 291 cm³/mol. The second-order valence-electron chi connectivity index (χ2n) is 21.8. The normalized spacial score (nSPS) is 25.4. The van der Waals surface area contributed by atoms with Crippen molar-refractivity contribution in [3.63, 3.8) is 0 Å². The summed E-state index contributed by atoms with van der Waals surface area (Å²) in [4.78, 5) is 13.3. The minimum Gasteiger partial charge on any atom is -0.394 e. The zero-order valence-corrected chi connectivity index (χ0v) is 46.4. The fraction of sp³-hybridized carbons (Fsp3) is 0.949. The molecule has 0 aromatic heterocycles. The smallest absolute Gasteiger partial charge is 0.220 e. The maximum Gasteiger partial charge on any atom is 0.220 e. The fourth-order valence-electron chi connectivity index (χ4n) is 10.3. The van der Waals surface area contributed by atoms with Gasteiger partial charge in [-0.15, -0.1) is 0 Å². The molecule has 12 unspecified atom stereocenters. The van der Waals surface area contributed by atoms with Gasteiger partial charge in [-0.05, 0) is 19.3 Å². The van der Waals surface area contributed by atoms with Crippen molar-refractivity contribution in [1.29, 1.82) is 0 Å². The summed E-state index contributed by atoms with van der Waals surface area (Å²) in [7, 11) is 0. The van der Waals surface area contributed by atoms with Crippen molar-refractivity contribution in [1.82, 2.24) is 5.32 Å². The lowest BCUT2D eigenvalue weighted by Gasteiger charge is -2.46. The molecule has 2 heterocycles. The highest BCUT2D eigenvalue weighted by Crippen LogP contribution is 2.30. The molecule has 432 valence electrons. The van der Waals surface area contributed by atoms with E-state index in [1.165, 1.54) is 199 Å². The van der Waals surface area contributed by atoms with E-state index in [0.717, 1.165) is 38.5 Å². The standard InChI is InChI=1S/C59H113NO13/c1-3-5-7-9-11-13-15-17-19-21-23-25-26-28-30-32-34-36-38-40-42-48(63)47(60-51(64)43-41-39-37-35-33-31-29-27-24-22-20-18-16-14-12-10-8-6-4-2)46-70-58-56(69)54(67)57(50(45-62)72-58)73-59-55(68)53(66)52(65)49(44-61)71-59/h40,42,47-50,52-59,61-63,65-69H,3-39,41,43-46H2,1-2H3,(H,60,64)/b42-40+. The third-order valence-corrected chi connectivity index (χ3v) is 15.2. The molecule has 2 saturated heterocycles. The molecule has 0 radical (unpaired) electrons. The second kappa shape index (κ2) is 45.7. The van der Waals surface area contributed by atoms with Crippen molar-refractivity contribution < 1.29 is 64.6 Å². The lowest BCUT2D eigenvalue weighted by atomic mass is 9.97. The Kier molecular flexibility index (Phi) is 42.5. The molecule has 1 amide bonds. The molecule has 0 saturated carbocycles. The molecule has 2 aliphatic rings. The van der Waals surface area contributed by atoms with Crippen LogP contribution in [0.1, 0.15) is 264 Å². The van der Waals surface area contributed by atoms with E-state index < -0.39 is 86.8 Å². The number of aliphatic hydroxyl groups is 8. The molecule has 0 aliphatic carbocycles. The van der Waals surface area contributed by atoms with Crippen molar-refractivity contribution in [2.75, 3.05) is 19.8 Å². The third-order valence-electron chi connectivity index (χ3n) is 15.2. The van der Waals surface area contributed by atoms with Gasteiger partial charge in [0.2, 0.25) is 5.91 Å². The molecule has 0 bridgehead atoms.